The van der Waals surface area contributed by atoms with Gasteiger partial charge in [-0.3, -0.25) is 9.47 Å². The Morgan fingerprint density at radius 3 is 2.68 bits per heavy atom. The standard InChI is InChI=1S/C28H31ClN4O4S/c1-19(20-7-6-10-23(26(20)29)36-16-15-32-13-11-31(2)12-14-32)37-24-17-25(38-27(24)28(34)35-3)33-18-30-21-8-4-5-9-22(21)33/h4-10,17-19H,11-16H2,1-3H3/t19-/m1/s1. The van der Waals surface area contributed by atoms with Crippen molar-refractivity contribution in [1.82, 2.24) is 19.4 Å². The lowest BCUT2D eigenvalue weighted by molar-refractivity contribution is 0.0600. The molecule has 2 aromatic heterocycles. The maximum Gasteiger partial charge on any atom is 0.351 e. The lowest BCUT2D eigenvalue weighted by Crippen LogP contribution is -2.45. The van der Waals surface area contributed by atoms with Gasteiger partial charge in [-0.05, 0) is 32.2 Å². The number of nitrogens with zero attached hydrogens (tertiary/aromatic N) is 4. The Bertz CT molecular complexity index is 1410. The first-order valence-corrected chi connectivity index (χ1v) is 13.8. The number of ether oxygens (including phenoxy) is 3. The van der Waals surface area contributed by atoms with Gasteiger partial charge < -0.3 is 19.1 Å². The first-order chi connectivity index (χ1) is 18.4. The van der Waals surface area contributed by atoms with Crippen molar-refractivity contribution in [3.63, 3.8) is 0 Å². The summed E-state index contributed by atoms with van der Waals surface area (Å²) in [5, 5.41) is 1.31. The van der Waals surface area contributed by atoms with Crippen molar-refractivity contribution in [3.8, 4) is 16.5 Å². The summed E-state index contributed by atoms with van der Waals surface area (Å²) in [6.45, 7) is 7.53. The van der Waals surface area contributed by atoms with Crippen LogP contribution in [0.25, 0.3) is 16.0 Å². The number of likely N-dealkylation sites (N-methyl/N-ethyl adjacent to an activating group) is 1. The molecule has 0 aliphatic carbocycles. The normalized spacial score (nSPS) is 15.5. The van der Waals surface area contributed by atoms with Crippen LogP contribution in [-0.4, -0.2) is 78.8 Å². The summed E-state index contributed by atoms with van der Waals surface area (Å²) in [7, 11) is 3.51. The molecule has 0 amide bonds. The lowest BCUT2D eigenvalue weighted by Gasteiger charge is -2.32. The molecule has 200 valence electrons. The van der Waals surface area contributed by atoms with Crippen LogP contribution < -0.4 is 9.47 Å². The molecule has 0 N–H and O–H groups in total. The van der Waals surface area contributed by atoms with Gasteiger partial charge in [0.2, 0.25) is 0 Å². The number of fused-ring (bicyclic) bond motifs is 1. The van der Waals surface area contributed by atoms with E-state index in [9.17, 15) is 4.79 Å². The van der Waals surface area contributed by atoms with E-state index in [1.165, 1.54) is 18.4 Å². The van der Waals surface area contributed by atoms with Gasteiger partial charge in [0.1, 0.15) is 35.5 Å². The molecule has 10 heteroatoms. The van der Waals surface area contributed by atoms with E-state index in [0.29, 0.717) is 28.0 Å². The number of methoxy groups -OCH3 is 1. The second kappa shape index (κ2) is 11.7. The number of benzene rings is 2. The predicted octanol–water partition coefficient (Wildman–Crippen LogP) is 5.29. The maximum absolute atomic E-state index is 12.6. The molecule has 38 heavy (non-hydrogen) atoms. The number of aromatic nitrogens is 2. The Hall–Kier alpha value is -3.11. The van der Waals surface area contributed by atoms with E-state index in [2.05, 4.69) is 21.8 Å². The zero-order valence-corrected chi connectivity index (χ0v) is 23.3. The minimum absolute atomic E-state index is 0.378. The number of para-hydroxylation sites is 2. The monoisotopic (exact) mass is 554 g/mol. The molecule has 1 atom stereocenters. The molecule has 1 saturated heterocycles. The molecule has 4 aromatic rings. The Kier molecular flexibility index (Phi) is 8.18. The highest BCUT2D eigenvalue weighted by molar-refractivity contribution is 7.16. The van der Waals surface area contributed by atoms with E-state index >= 15 is 0 Å². The molecule has 5 rings (SSSR count). The molecule has 1 aliphatic heterocycles. The maximum atomic E-state index is 12.6. The van der Waals surface area contributed by atoms with Crippen molar-refractivity contribution in [2.75, 3.05) is 53.5 Å². The van der Waals surface area contributed by atoms with Crippen LogP contribution in [0, 0.1) is 0 Å². The fourth-order valence-corrected chi connectivity index (χ4v) is 5.83. The van der Waals surface area contributed by atoms with Gasteiger partial charge in [-0.15, -0.1) is 11.3 Å². The molecule has 1 aliphatic rings. The summed E-state index contributed by atoms with van der Waals surface area (Å²) >= 11 is 8.06. The van der Waals surface area contributed by atoms with Gasteiger partial charge in [-0.2, -0.15) is 0 Å². The number of esters is 1. The van der Waals surface area contributed by atoms with Gasteiger partial charge in [0.25, 0.3) is 0 Å². The van der Waals surface area contributed by atoms with Crippen LogP contribution in [0.3, 0.4) is 0 Å². The van der Waals surface area contributed by atoms with E-state index in [1.807, 2.05) is 60.0 Å². The van der Waals surface area contributed by atoms with Gasteiger partial charge in [-0.25, -0.2) is 9.78 Å². The van der Waals surface area contributed by atoms with E-state index in [0.717, 1.165) is 54.3 Å². The third-order valence-electron chi connectivity index (χ3n) is 6.74. The number of halogens is 1. The van der Waals surface area contributed by atoms with E-state index in [-0.39, 0.29) is 0 Å². The second-order valence-corrected chi connectivity index (χ2v) is 10.7. The minimum atomic E-state index is -0.458. The van der Waals surface area contributed by atoms with Gasteiger partial charge in [0, 0.05) is 44.4 Å². The van der Waals surface area contributed by atoms with Gasteiger partial charge in [0.05, 0.1) is 23.2 Å². The molecular formula is C28H31ClN4O4S. The third-order valence-corrected chi connectivity index (χ3v) is 8.24. The SMILES string of the molecule is COC(=O)c1sc(-n2cnc3ccccc32)cc1O[C@H](C)c1cccc(OCCN2CCN(C)CC2)c1Cl. The fourth-order valence-electron chi connectivity index (χ4n) is 4.50. The van der Waals surface area contributed by atoms with Crippen molar-refractivity contribution in [1.29, 1.82) is 0 Å². The van der Waals surface area contributed by atoms with Crippen LogP contribution in [0.4, 0.5) is 0 Å². The molecule has 0 unspecified atom stereocenters. The molecule has 0 bridgehead atoms. The molecular weight excluding hydrogens is 524 g/mol. The number of carbonyl (C=O) groups excluding carboxylic acids is 1. The summed E-state index contributed by atoms with van der Waals surface area (Å²) < 4.78 is 19.3. The van der Waals surface area contributed by atoms with Gasteiger partial charge in [0.15, 0.2) is 4.88 Å². The first kappa shape index (κ1) is 26.5. The van der Waals surface area contributed by atoms with Crippen molar-refractivity contribution in [3.05, 3.63) is 70.3 Å². The number of thiophene rings is 1. The molecule has 0 saturated carbocycles. The fraction of sp³-hybridized carbons (Fsp3) is 0.357. The van der Waals surface area contributed by atoms with Crippen molar-refractivity contribution >= 4 is 39.9 Å². The number of imidazole rings is 1. The molecule has 3 heterocycles. The summed E-state index contributed by atoms with van der Waals surface area (Å²) in [4.78, 5) is 22.2. The van der Waals surface area contributed by atoms with Crippen molar-refractivity contribution in [2.45, 2.75) is 13.0 Å². The van der Waals surface area contributed by atoms with Gasteiger partial charge >= 0.3 is 5.97 Å². The van der Waals surface area contributed by atoms with Crippen LogP contribution in [0.1, 0.15) is 28.3 Å². The topological polar surface area (TPSA) is 69.1 Å². The van der Waals surface area contributed by atoms with Crippen LogP contribution >= 0.6 is 22.9 Å². The highest BCUT2D eigenvalue weighted by Gasteiger charge is 2.24. The summed E-state index contributed by atoms with van der Waals surface area (Å²) in [5.41, 5.74) is 2.59. The van der Waals surface area contributed by atoms with Crippen LogP contribution in [0.2, 0.25) is 5.02 Å². The van der Waals surface area contributed by atoms with Crippen LogP contribution in [0.15, 0.2) is 54.9 Å². The molecule has 1 fully saturated rings. The summed E-state index contributed by atoms with van der Waals surface area (Å²) in [6.07, 6.45) is 1.30. The van der Waals surface area contributed by atoms with E-state index in [1.54, 1.807) is 6.33 Å². The molecule has 0 radical (unpaired) electrons. The summed E-state index contributed by atoms with van der Waals surface area (Å²) in [6, 6.07) is 15.4. The predicted molar refractivity (Wildman–Crippen MR) is 150 cm³/mol. The lowest BCUT2D eigenvalue weighted by atomic mass is 10.1. The number of carbonyl (C=O) groups is 1. The highest BCUT2D eigenvalue weighted by Crippen LogP contribution is 2.39. The largest absolute Gasteiger partial charge is 0.491 e. The van der Waals surface area contributed by atoms with Crippen LogP contribution in [0.5, 0.6) is 11.5 Å². The number of hydrogen-bond donors (Lipinski definition) is 0. The number of piperazine rings is 1. The molecule has 0 spiro atoms. The van der Waals surface area contributed by atoms with E-state index in [4.69, 9.17) is 25.8 Å². The van der Waals surface area contributed by atoms with Crippen LogP contribution in [-0.2, 0) is 4.74 Å². The Balaban J connectivity index is 1.33. The first-order valence-electron chi connectivity index (χ1n) is 12.6. The smallest absolute Gasteiger partial charge is 0.351 e. The van der Waals surface area contributed by atoms with E-state index < -0.39 is 12.1 Å². The second-order valence-electron chi connectivity index (χ2n) is 9.29. The van der Waals surface area contributed by atoms with Crippen molar-refractivity contribution < 1.29 is 19.0 Å². The zero-order valence-electron chi connectivity index (χ0n) is 21.7. The Morgan fingerprint density at radius 1 is 1.11 bits per heavy atom. The third kappa shape index (κ3) is 5.66. The van der Waals surface area contributed by atoms with Gasteiger partial charge in [-0.1, -0.05) is 35.9 Å². The average molecular weight is 555 g/mol. The Morgan fingerprint density at radius 2 is 1.89 bits per heavy atom. The summed E-state index contributed by atoms with van der Waals surface area (Å²) in [5.74, 6) is 0.595. The zero-order chi connectivity index (χ0) is 26.6. The number of hydrogen-bond acceptors (Lipinski definition) is 8. The molecule has 8 nitrogen and oxygen atoms in total. The molecule has 2 aromatic carbocycles. The minimum Gasteiger partial charge on any atom is -0.491 e. The Labute approximate surface area is 231 Å². The number of rotatable bonds is 9. The quantitative estimate of drug-likeness (QED) is 0.260. The van der Waals surface area contributed by atoms with Crippen molar-refractivity contribution in [2.24, 2.45) is 0 Å². The highest BCUT2D eigenvalue weighted by atomic mass is 35.5. The average Bonchev–Trinajstić information content (AvgIpc) is 3.54.